The lowest BCUT2D eigenvalue weighted by Gasteiger charge is -2.21. The molecule has 4 nitrogen and oxygen atoms in total. The van der Waals surface area contributed by atoms with E-state index in [9.17, 15) is 9.18 Å². The Bertz CT molecular complexity index is 447. The molecule has 0 bridgehead atoms. The molecule has 0 aliphatic rings. The van der Waals surface area contributed by atoms with Crippen LogP contribution in [0.5, 0.6) is 5.75 Å². The van der Waals surface area contributed by atoms with Crippen molar-refractivity contribution in [1.82, 2.24) is 10.2 Å². The molecule has 0 saturated heterocycles. The summed E-state index contributed by atoms with van der Waals surface area (Å²) in [6, 6.07) is 4.71. The van der Waals surface area contributed by atoms with Gasteiger partial charge in [-0.05, 0) is 38.5 Å². The molecule has 20 heavy (non-hydrogen) atoms. The number of amides is 1. The number of rotatable bonds is 7. The Balaban J connectivity index is 2.61. The SMILES string of the molecule is CCN(CC)C(=O)CNC(C)c1ccc(OC)c(F)c1. The van der Waals surface area contributed by atoms with Gasteiger partial charge >= 0.3 is 0 Å². The lowest BCUT2D eigenvalue weighted by molar-refractivity contribution is -0.129. The van der Waals surface area contributed by atoms with Crippen molar-refractivity contribution in [3.63, 3.8) is 0 Å². The predicted molar refractivity (Wildman–Crippen MR) is 77.3 cm³/mol. The first-order valence-corrected chi connectivity index (χ1v) is 6.88. The molecule has 0 heterocycles. The molecule has 0 aliphatic heterocycles. The minimum Gasteiger partial charge on any atom is -0.494 e. The summed E-state index contributed by atoms with van der Waals surface area (Å²) in [5.41, 5.74) is 0.788. The Labute approximate surface area is 119 Å². The maximum Gasteiger partial charge on any atom is 0.236 e. The van der Waals surface area contributed by atoms with Crippen molar-refractivity contribution in [3.8, 4) is 5.75 Å². The van der Waals surface area contributed by atoms with Crippen LogP contribution in [-0.2, 0) is 4.79 Å². The topological polar surface area (TPSA) is 41.6 Å². The number of ether oxygens (including phenoxy) is 1. The second-order valence-corrected chi connectivity index (χ2v) is 4.56. The molecule has 0 spiro atoms. The van der Waals surface area contributed by atoms with Crippen molar-refractivity contribution in [3.05, 3.63) is 29.6 Å². The van der Waals surface area contributed by atoms with Gasteiger partial charge in [-0.3, -0.25) is 4.79 Å². The zero-order chi connectivity index (χ0) is 15.1. The molecule has 5 heteroatoms. The van der Waals surface area contributed by atoms with Gasteiger partial charge in [-0.2, -0.15) is 0 Å². The van der Waals surface area contributed by atoms with E-state index in [1.165, 1.54) is 13.2 Å². The smallest absolute Gasteiger partial charge is 0.236 e. The second kappa shape index (κ2) is 7.85. The van der Waals surface area contributed by atoms with Gasteiger partial charge in [0, 0.05) is 19.1 Å². The Morgan fingerprint density at radius 1 is 1.40 bits per heavy atom. The zero-order valence-electron chi connectivity index (χ0n) is 12.6. The summed E-state index contributed by atoms with van der Waals surface area (Å²) in [4.78, 5) is 13.6. The van der Waals surface area contributed by atoms with Gasteiger partial charge in [0.15, 0.2) is 11.6 Å². The van der Waals surface area contributed by atoms with Crippen LogP contribution in [0.2, 0.25) is 0 Å². The first-order chi connectivity index (χ1) is 9.53. The third kappa shape index (κ3) is 4.20. The molecule has 0 aromatic heterocycles. The van der Waals surface area contributed by atoms with Gasteiger partial charge < -0.3 is 15.0 Å². The van der Waals surface area contributed by atoms with Crippen molar-refractivity contribution in [2.24, 2.45) is 0 Å². The van der Waals surface area contributed by atoms with Crippen LogP contribution in [-0.4, -0.2) is 37.6 Å². The van der Waals surface area contributed by atoms with E-state index in [4.69, 9.17) is 4.74 Å². The van der Waals surface area contributed by atoms with Crippen LogP contribution in [0, 0.1) is 5.82 Å². The fraction of sp³-hybridized carbons (Fsp3) is 0.533. The van der Waals surface area contributed by atoms with E-state index in [0.29, 0.717) is 13.1 Å². The number of nitrogens with one attached hydrogen (secondary N) is 1. The normalized spacial score (nSPS) is 12.1. The molecule has 1 aromatic rings. The summed E-state index contributed by atoms with van der Waals surface area (Å²) in [6.45, 7) is 7.44. The van der Waals surface area contributed by atoms with Gasteiger partial charge in [0.25, 0.3) is 0 Å². The van der Waals surface area contributed by atoms with E-state index in [1.807, 2.05) is 20.8 Å². The fourth-order valence-corrected chi connectivity index (χ4v) is 2.00. The molecule has 1 amide bonds. The van der Waals surface area contributed by atoms with Crippen LogP contribution in [0.1, 0.15) is 32.4 Å². The highest BCUT2D eigenvalue weighted by Gasteiger charge is 2.13. The summed E-state index contributed by atoms with van der Waals surface area (Å²) >= 11 is 0. The number of carbonyl (C=O) groups is 1. The highest BCUT2D eigenvalue weighted by molar-refractivity contribution is 5.78. The molecular formula is C15H23FN2O2. The monoisotopic (exact) mass is 282 g/mol. The average Bonchev–Trinajstić information content (AvgIpc) is 2.45. The molecule has 1 unspecified atom stereocenters. The van der Waals surface area contributed by atoms with Crippen LogP contribution in [0.25, 0.3) is 0 Å². The number of halogens is 1. The molecule has 0 aliphatic carbocycles. The number of hydrogen-bond acceptors (Lipinski definition) is 3. The van der Waals surface area contributed by atoms with Gasteiger partial charge in [-0.25, -0.2) is 4.39 Å². The third-order valence-corrected chi connectivity index (χ3v) is 3.35. The molecule has 0 fully saturated rings. The number of nitrogens with zero attached hydrogens (tertiary/aromatic N) is 1. The highest BCUT2D eigenvalue weighted by Crippen LogP contribution is 2.21. The van der Waals surface area contributed by atoms with Crippen molar-refractivity contribution < 1.29 is 13.9 Å². The lowest BCUT2D eigenvalue weighted by Crippen LogP contribution is -2.38. The minimum absolute atomic E-state index is 0.0517. The first-order valence-electron chi connectivity index (χ1n) is 6.88. The van der Waals surface area contributed by atoms with E-state index in [0.717, 1.165) is 5.56 Å². The molecular weight excluding hydrogens is 259 g/mol. The molecule has 1 atom stereocenters. The second-order valence-electron chi connectivity index (χ2n) is 4.56. The minimum atomic E-state index is -0.395. The van der Waals surface area contributed by atoms with Gasteiger partial charge in [0.05, 0.1) is 13.7 Å². The van der Waals surface area contributed by atoms with E-state index in [1.54, 1.807) is 17.0 Å². The number of methoxy groups -OCH3 is 1. The molecule has 1 N–H and O–H groups in total. The van der Waals surface area contributed by atoms with Crippen molar-refractivity contribution in [1.29, 1.82) is 0 Å². The molecule has 0 saturated carbocycles. The number of hydrogen-bond donors (Lipinski definition) is 1. The lowest BCUT2D eigenvalue weighted by atomic mass is 10.1. The van der Waals surface area contributed by atoms with Gasteiger partial charge in [-0.15, -0.1) is 0 Å². The largest absolute Gasteiger partial charge is 0.494 e. The Morgan fingerprint density at radius 3 is 2.55 bits per heavy atom. The van der Waals surface area contributed by atoms with Crippen molar-refractivity contribution in [2.45, 2.75) is 26.8 Å². The van der Waals surface area contributed by atoms with Crippen LogP contribution >= 0.6 is 0 Å². The molecule has 0 radical (unpaired) electrons. The summed E-state index contributed by atoms with van der Waals surface area (Å²) in [6.07, 6.45) is 0. The van der Waals surface area contributed by atoms with Crippen LogP contribution in [0.15, 0.2) is 18.2 Å². The quantitative estimate of drug-likeness (QED) is 0.834. The maximum absolute atomic E-state index is 13.6. The first kappa shape index (κ1) is 16.4. The predicted octanol–water partition coefficient (Wildman–Crippen LogP) is 2.35. The van der Waals surface area contributed by atoms with Crippen molar-refractivity contribution >= 4 is 5.91 Å². The highest BCUT2D eigenvalue weighted by atomic mass is 19.1. The molecule has 1 aromatic carbocycles. The Morgan fingerprint density at radius 2 is 2.05 bits per heavy atom. The maximum atomic E-state index is 13.6. The third-order valence-electron chi connectivity index (χ3n) is 3.35. The van der Waals surface area contributed by atoms with Gasteiger partial charge in [0.2, 0.25) is 5.91 Å². The van der Waals surface area contributed by atoms with E-state index < -0.39 is 5.82 Å². The summed E-state index contributed by atoms with van der Waals surface area (Å²) in [7, 11) is 1.43. The van der Waals surface area contributed by atoms with E-state index in [2.05, 4.69) is 5.32 Å². The average molecular weight is 282 g/mol. The number of carbonyl (C=O) groups excluding carboxylic acids is 1. The van der Waals surface area contributed by atoms with E-state index in [-0.39, 0.29) is 24.2 Å². The van der Waals surface area contributed by atoms with Gasteiger partial charge in [-0.1, -0.05) is 6.07 Å². The summed E-state index contributed by atoms with van der Waals surface area (Å²) < 4.78 is 18.5. The van der Waals surface area contributed by atoms with Crippen LogP contribution in [0.3, 0.4) is 0 Å². The van der Waals surface area contributed by atoms with Crippen molar-refractivity contribution in [2.75, 3.05) is 26.7 Å². The Kier molecular flexibility index (Phi) is 6.45. The number of benzene rings is 1. The van der Waals surface area contributed by atoms with Crippen LogP contribution in [0.4, 0.5) is 4.39 Å². The fourth-order valence-electron chi connectivity index (χ4n) is 2.00. The van der Waals surface area contributed by atoms with Gasteiger partial charge in [0.1, 0.15) is 0 Å². The molecule has 1 rings (SSSR count). The van der Waals surface area contributed by atoms with E-state index >= 15 is 0 Å². The summed E-state index contributed by atoms with van der Waals surface area (Å²) in [5, 5.41) is 3.11. The molecule has 112 valence electrons. The van der Waals surface area contributed by atoms with Crippen LogP contribution < -0.4 is 10.1 Å². The standard InChI is InChI=1S/C15H23FN2O2/c1-5-18(6-2)15(19)10-17-11(3)12-7-8-14(20-4)13(16)9-12/h7-9,11,17H,5-6,10H2,1-4H3. The summed E-state index contributed by atoms with van der Waals surface area (Å²) in [5.74, 6) is -0.121. The Hall–Kier alpha value is -1.62. The number of likely N-dealkylation sites (N-methyl/N-ethyl adjacent to an activating group) is 1. The zero-order valence-corrected chi connectivity index (χ0v) is 12.6.